The van der Waals surface area contributed by atoms with E-state index in [1.165, 1.54) is 11.6 Å². The van der Waals surface area contributed by atoms with Crippen LogP contribution in [0.4, 0.5) is 4.39 Å². The highest BCUT2D eigenvalue weighted by Crippen LogP contribution is 2.33. The number of aromatic nitrogens is 2. The number of benzene rings is 2. The monoisotopic (exact) mass is 351 g/mol. The van der Waals surface area contributed by atoms with Crippen molar-refractivity contribution in [3.63, 3.8) is 0 Å². The van der Waals surface area contributed by atoms with Crippen LogP contribution in [0.5, 0.6) is 11.5 Å². The molecule has 2 aliphatic heterocycles. The maximum absolute atomic E-state index is 13.5. The zero-order chi connectivity index (χ0) is 17.5. The average molecular weight is 351 g/mol. The summed E-state index contributed by atoms with van der Waals surface area (Å²) in [6.07, 6.45) is 1.84. The highest BCUT2D eigenvalue weighted by atomic mass is 19.1. The lowest BCUT2D eigenvalue weighted by Crippen LogP contribution is -2.33. The SMILES string of the molecule is Fc1cccc(-c2cnc3n2CCN(Cc2ccc4c(c2)OCO4)C3)c1. The Labute approximate surface area is 150 Å². The van der Waals surface area contributed by atoms with Gasteiger partial charge in [0.05, 0.1) is 18.4 Å². The van der Waals surface area contributed by atoms with E-state index < -0.39 is 0 Å². The van der Waals surface area contributed by atoms with Crippen molar-refractivity contribution in [3.8, 4) is 22.8 Å². The molecule has 3 aromatic rings. The lowest BCUT2D eigenvalue weighted by atomic mass is 10.1. The zero-order valence-electron chi connectivity index (χ0n) is 14.2. The molecule has 0 amide bonds. The normalized spacial score (nSPS) is 15.9. The van der Waals surface area contributed by atoms with Gasteiger partial charge in [0, 0.05) is 25.2 Å². The second-order valence-electron chi connectivity index (χ2n) is 6.62. The molecule has 0 fully saturated rings. The van der Waals surface area contributed by atoms with Crippen molar-refractivity contribution in [2.75, 3.05) is 13.3 Å². The number of ether oxygens (including phenoxy) is 2. The van der Waals surface area contributed by atoms with E-state index in [1.807, 2.05) is 24.4 Å². The van der Waals surface area contributed by atoms with Crippen LogP contribution in [0.25, 0.3) is 11.3 Å². The third-order valence-electron chi connectivity index (χ3n) is 4.91. The fourth-order valence-electron chi connectivity index (χ4n) is 3.62. The standard InChI is InChI=1S/C20H18FN3O2/c21-16-3-1-2-15(9-16)17-10-22-20-12-23(6-7-24(17)20)11-14-4-5-18-19(8-14)26-13-25-18/h1-5,8-10H,6-7,11-13H2. The minimum Gasteiger partial charge on any atom is -0.454 e. The van der Waals surface area contributed by atoms with Crippen LogP contribution in [0, 0.1) is 5.82 Å². The predicted octanol–water partition coefficient (Wildman–Crippen LogP) is 3.43. The molecule has 0 spiro atoms. The Hall–Kier alpha value is -2.86. The van der Waals surface area contributed by atoms with E-state index in [0.717, 1.165) is 54.8 Å². The largest absolute Gasteiger partial charge is 0.454 e. The van der Waals surface area contributed by atoms with Gasteiger partial charge in [-0.25, -0.2) is 9.37 Å². The van der Waals surface area contributed by atoms with Gasteiger partial charge in [-0.15, -0.1) is 0 Å². The molecule has 2 aliphatic rings. The molecule has 0 atom stereocenters. The van der Waals surface area contributed by atoms with Crippen LogP contribution < -0.4 is 9.47 Å². The Morgan fingerprint density at radius 1 is 1.04 bits per heavy atom. The first-order valence-electron chi connectivity index (χ1n) is 8.67. The Morgan fingerprint density at radius 3 is 2.88 bits per heavy atom. The molecule has 2 aromatic carbocycles. The molecule has 0 aliphatic carbocycles. The number of hydrogen-bond donors (Lipinski definition) is 0. The molecule has 3 heterocycles. The van der Waals surface area contributed by atoms with Gasteiger partial charge in [-0.3, -0.25) is 4.90 Å². The number of hydrogen-bond acceptors (Lipinski definition) is 4. The molecule has 0 bridgehead atoms. The Balaban J connectivity index is 1.35. The summed E-state index contributed by atoms with van der Waals surface area (Å²) in [6.45, 7) is 3.65. The van der Waals surface area contributed by atoms with Gasteiger partial charge in [0.1, 0.15) is 11.6 Å². The van der Waals surface area contributed by atoms with E-state index >= 15 is 0 Å². The van der Waals surface area contributed by atoms with Gasteiger partial charge in [-0.2, -0.15) is 0 Å². The van der Waals surface area contributed by atoms with Crippen LogP contribution >= 0.6 is 0 Å². The minimum absolute atomic E-state index is 0.224. The molecule has 0 N–H and O–H groups in total. The zero-order valence-corrected chi connectivity index (χ0v) is 14.2. The lowest BCUT2D eigenvalue weighted by Gasteiger charge is -2.28. The van der Waals surface area contributed by atoms with Crippen molar-refractivity contribution in [2.24, 2.45) is 0 Å². The van der Waals surface area contributed by atoms with Crippen molar-refractivity contribution in [2.45, 2.75) is 19.6 Å². The molecule has 26 heavy (non-hydrogen) atoms. The van der Waals surface area contributed by atoms with E-state index in [2.05, 4.69) is 20.5 Å². The quantitative estimate of drug-likeness (QED) is 0.725. The summed E-state index contributed by atoms with van der Waals surface area (Å²) < 4.78 is 26.5. The fraction of sp³-hybridized carbons (Fsp3) is 0.250. The fourth-order valence-corrected chi connectivity index (χ4v) is 3.62. The summed E-state index contributed by atoms with van der Waals surface area (Å²) in [4.78, 5) is 6.92. The number of halogens is 1. The molecule has 0 unspecified atom stereocenters. The summed E-state index contributed by atoms with van der Waals surface area (Å²) >= 11 is 0. The topological polar surface area (TPSA) is 39.5 Å². The van der Waals surface area contributed by atoms with Gasteiger partial charge in [-0.1, -0.05) is 18.2 Å². The average Bonchev–Trinajstić information content (AvgIpc) is 3.27. The molecule has 0 radical (unpaired) electrons. The van der Waals surface area contributed by atoms with Crippen molar-refractivity contribution in [3.05, 3.63) is 65.9 Å². The lowest BCUT2D eigenvalue weighted by molar-refractivity contribution is 0.173. The second kappa shape index (κ2) is 6.14. The van der Waals surface area contributed by atoms with E-state index in [9.17, 15) is 4.39 Å². The maximum Gasteiger partial charge on any atom is 0.231 e. The van der Waals surface area contributed by atoms with Crippen molar-refractivity contribution >= 4 is 0 Å². The van der Waals surface area contributed by atoms with Gasteiger partial charge in [-0.05, 0) is 29.8 Å². The van der Waals surface area contributed by atoms with Gasteiger partial charge >= 0.3 is 0 Å². The van der Waals surface area contributed by atoms with Crippen LogP contribution in [0.1, 0.15) is 11.4 Å². The molecular weight excluding hydrogens is 333 g/mol. The third kappa shape index (κ3) is 2.72. The molecule has 5 nitrogen and oxygen atoms in total. The van der Waals surface area contributed by atoms with Crippen LogP contribution in [0.3, 0.4) is 0 Å². The number of imidazole rings is 1. The Morgan fingerprint density at radius 2 is 1.96 bits per heavy atom. The molecule has 6 heteroatoms. The van der Waals surface area contributed by atoms with Crippen LogP contribution in [-0.2, 0) is 19.6 Å². The van der Waals surface area contributed by atoms with Gasteiger partial charge < -0.3 is 14.0 Å². The highest BCUT2D eigenvalue weighted by Gasteiger charge is 2.21. The van der Waals surface area contributed by atoms with Gasteiger partial charge in [0.2, 0.25) is 6.79 Å². The van der Waals surface area contributed by atoms with E-state index in [4.69, 9.17) is 9.47 Å². The van der Waals surface area contributed by atoms with Crippen molar-refractivity contribution in [1.82, 2.24) is 14.5 Å². The molecule has 132 valence electrons. The van der Waals surface area contributed by atoms with E-state index in [-0.39, 0.29) is 5.82 Å². The number of nitrogens with zero attached hydrogens (tertiary/aromatic N) is 3. The second-order valence-corrected chi connectivity index (χ2v) is 6.62. The molecular formula is C20H18FN3O2. The summed E-state index contributed by atoms with van der Waals surface area (Å²) in [7, 11) is 0. The number of fused-ring (bicyclic) bond motifs is 2. The Bertz CT molecular complexity index is 969. The maximum atomic E-state index is 13.5. The number of rotatable bonds is 3. The first-order valence-corrected chi connectivity index (χ1v) is 8.67. The molecule has 5 rings (SSSR count). The van der Waals surface area contributed by atoms with Crippen molar-refractivity contribution < 1.29 is 13.9 Å². The van der Waals surface area contributed by atoms with Gasteiger partial charge in [0.25, 0.3) is 0 Å². The molecule has 0 saturated carbocycles. The summed E-state index contributed by atoms with van der Waals surface area (Å²) in [5, 5.41) is 0. The highest BCUT2D eigenvalue weighted by molar-refractivity contribution is 5.59. The predicted molar refractivity (Wildman–Crippen MR) is 94.3 cm³/mol. The van der Waals surface area contributed by atoms with Crippen LogP contribution in [-0.4, -0.2) is 27.8 Å². The van der Waals surface area contributed by atoms with Crippen LogP contribution in [0.2, 0.25) is 0 Å². The minimum atomic E-state index is -0.224. The molecule has 1 aromatic heterocycles. The summed E-state index contributed by atoms with van der Waals surface area (Å²) in [6, 6.07) is 12.8. The van der Waals surface area contributed by atoms with Crippen molar-refractivity contribution in [1.29, 1.82) is 0 Å². The molecule has 0 saturated heterocycles. The van der Waals surface area contributed by atoms with E-state index in [0.29, 0.717) is 6.79 Å². The Kier molecular flexibility index (Phi) is 3.64. The first kappa shape index (κ1) is 15.4. The van der Waals surface area contributed by atoms with E-state index in [1.54, 1.807) is 12.1 Å². The smallest absolute Gasteiger partial charge is 0.231 e. The first-order chi connectivity index (χ1) is 12.8. The van der Waals surface area contributed by atoms with Crippen LogP contribution in [0.15, 0.2) is 48.7 Å². The summed E-state index contributed by atoms with van der Waals surface area (Å²) in [5.74, 6) is 2.41. The van der Waals surface area contributed by atoms with Gasteiger partial charge in [0.15, 0.2) is 11.5 Å². The summed E-state index contributed by atoms with van der Waals surface area (Å²) in [5.41, 5.74) is 3.04. The third-order valence-corrected chi connectivity index (χ3v) is 4.91.